The lowest BCUT2D eigenvalue weighted by Gasteiger charge is -1.89. The molecule has 2 aromatic rings. The number of allylic oxidation sites excluding steroid dienone is 5. The molecular weight excluding hydrogens is 308 g/mol. The van der Waals surface area contributed by atoms with E-state index in [1.807, 2.05) is 55.5 Å². The molecule has 0 spiro atoms. The first-order valence-electron chi connectivity index (χ1n) is 8.21. The van der Waals surface area contributed by atoms with Crippen LogP contribution in [-0.4, -0.2) is 21.9 Å². The second-order valence-electron chi connectivity index (χ2n) is 5.82. The maximum Gasteiger partial charge on any atom is 0.0658 e. The minimum Gasteiger partial charge on any atom is -0.355 e. The molecule has 2 aliphatic heterocycles. The van der Waals surface area contributed by atoms with Crippen LogP contribution in [0, 0.1) is 0 Å². The first-order chi connectivity index (χ1) is 12.3. The predicted octanol–water partition coefficient (Wildman–Crippen LogP) is 2.85. The molecule has 0 saturated heterocycles. The number of aliphatic imine (C=N–C) groups is 2. The maximum atomic E-state index is 4.50. The highest BCUT2D eigenvalue weighted by Gasteiger charge is 2.00. The molecule has 122 valence electrons. The lowest BCUT2D eigenvalue weighted by Crippen LogP contribution is -2.10. The van der Waals surface area contributed by atoms with Crippen LogP contribution < -0.4 is 10.7 Å². The van der Waals surface area contributed by atoms with Crippen molar-refractivity contribution in [3.63, 3.8) is 0 Å². The molecule has 25 heavy (non-hydrogen) atoms. The largest absolute Gasteiger partial charge is 0.355 e. The third-order valence-electron chi connectivity index (χ3n) is 3.94. The summed E-state index contributed by atoms with van der Waals surface area (Å²) in [5.41, 5.74) is 4.99. The van der Waals surface area contributed by atoms with Crippen LogP contribution in [0.1, 0.15) is 18.3 Å². The Labute approximate surface area is 145 Å². The first-order valence-corrected chi connectivity index (χ1v) is 8.21. The van der Waals surface area contributed by atoms with Crippen molar-refractivity contribution in [3.8, 4) is 0 Å². The number of H-pyrrole nitrogens is 2. The minimum atomic E-state index is 0.955. The smallest absolute Gasteiger partial charge is 0.0658 e. The predicted molar refractivity (Wildman–Crippen MR) is 105 cm³/mol. The highest BCUT2D eigenvalue weighted by molar-refractivity contribution is 6.19. The summed E-state index contributed by atoms with van der Waals surface area (Å²) in [6, 6.07) is 8.22. The van der Waals surface area contributed by atoms with Gasteiger partial charge in [0.2, 0.25) is 0 Å². The van der Waals surface area contributed by atoms with Gasteiger partial charge in [0, 0.05) is 28.3 Å². The molecule has 0 radical (unpaired) electrons. The number of rotatable bonds is 3. The summed E-state index contributed by atoms with van der Waals surface area (Å²) < 4.78 is 0. The fourth-order valence-electron chi connectivity index (χ4n) is 2.72. The van der Waals surface area contributed by atoms with Gasteiger partial charge in [0.25, 0.3) is 0 Å². The zero-order valence-corrected chi connectivity index (χ0v) is 13.9. The Morgan fingerprint density at radius 2 is 1.60 bits per heavy atom. The van der Waals surface area contributed by atoms with E-state index in [4.69, 9.17) is 0 Å². The van der Waals surface area contributed by atoms with E-state index < -0.39 is 0 Å². The zero-order chi connectivity index (χ0) is 17.1. The van der Waals surface area contributed by atoms with Crippen LogP contribution >= 0.6 is 0 Å². The van der Waals surface area contributed by atoms with E-state index in [0.717, 1.165) is 39.2 Å². The topological polar surface area (TPSA) is 56.3 Å². The van der Waals surface area contributed by atoms with Gasteiger partial charge in [0.1, 0.15) is 0 Å². The average Bonchev–Trinajstić information content (AvgIpc) is 3.38. The summed E-state index contributed by atoms with van der Waals surface area (Å²) in [5.74, 6) is 0. The van der Waals surface area contributed by atoms with Gasteiger partial charge in [-0.2, -0.15) is 0 Å². The lowest BCUT2D eigenvalue weighted by molar-refractivity contribution is 1.26. The molecule has 2 aromatic heterocycles. The SMILES string of the molecule is C/C=C1/C=CC(C=c2cc/c(=C/c3ccc(/C=C4/C=CC=N4)[nH]3)[nH]2)=N1. The normalized spacial score (nSPS) is 20.6. The van der Waals surface area contributed by atoms with Gasteiger partial charge in [-0.15, -0.1) is 0 Å². The summed E-state index contributed by atoms with van der Waals surface area (Å²) in [4.78, 5) is 15.5. The van der Waals surface area contributed by atoms with Gasteiger partial charge in [-0.25, -0.2) is 4.99 Å². The van der Waals surface area contributed by atoms with Crippen LogP contribution in [0.2, 0.25) is 0 Å². The Morgan fingerprint density at radius 1 is 0.800 bits per heavy atom. The van der Waals surface area contributed by atoms with Gasteiger partial charge in [-0.05, 0) is 73.7 Å². The van der Waals surface area contributed by atoms with Crippen LogP contribution in [0.25, 0.3) is 18.2 Å². The monoisotopic (exact) mass is 326 g/mol. The molecule has 0 aromatic carbocycles. The molecule has 4 heterocycles. The number of nitrogens with zero attached hydrogens (tertiary/aromatic N) is 2. The van der Waals surface area contributed by atoms with Crippen LogP contribution in [0.15, 0.2) is 76.0 Å². The van der Waals surface area contributed by atoms with Gasteiger partial charge in [-0.3, -0.25) is 4.99 Å². The number of nitrogens with one attached hydrogen (secondary N) is 2. The molecule has 4 rings (SSSR count). The van der Waals surface area contributed by atoms with Crippen molar-refractivity contribution >= 4 is 30.2 Å². The van der Waals surface area contributed by atoms with Crippen molar-refractivity contribution in [2.75, 3.05) is 0 Å². The average molecular weight is 326 g/mol. The van der Waals surface area contributed by atoms with Gasteiger partial charge in [0.05, 0.1) is 17.1 Å². The Bertz CT molecular complexity index is 1080. The van der Waals surface area contributed by atoms with Crippen molar-refractivity contribution < 1.29 is 0 Å². The van der Waals surface area contributed by atoms with Gasteiger partial charge in [0.15, 0.2) is 0 Å². The third-order valence-corrected chi connectivity index (χ3v) is 3.94. The number of hydrogen-bond donors (Lipinski definition) is 2. The number of aromatic amines is 2. The van der Waals surface area contributed by atoms with Crippen molar-refractivity contribution in [1.82, 2.24) is 9.97 Å². The summed E-state index contributed by atoms with van der Waals surface area (Å²) in [6.07, 6.45) is 17.9. The molecule has 2 aliphatic rings. The summed E-state index contributed by atoms with van der Waals surface area (Å²) in [6.45, 7) is 1.99. The first kappa shape index (κ1) is 15.1. The van der Waals surface area contributed by atoms with Crippen molar-refractivity contribution in [1.29, 1.82) is 0 Å². The van der Waals surface area contributed by atoms with Crippen LogP contribution in [0.3, 0.4) is 0 Å². The summed E-state index contributed by atoms with van der Waals surface area (Å²) in [5, 5.41) is 2.08. The Morgan fingerprint density at radius 3 is 2.32 bits per heavy atom. The van der Waals surface area contributed by atoms with Crippen molar-refractivity contribution in [2.24, 2.45) is 9.98 Å². The second-order valence-corrected chi connectivity index (χ2v) is 5.82. The van der Waals surface area contributed by atoms with E-state index in [9.17, 15) is 0 Å². The molecule has 0 saturated carbocycles. The van der Waals surface area contributed by atoms with E-state index in [-0.39, 0.29) is 0 Å². The van der Waals surface area contributed by atoms with E-state index >= 15 is 0 Å². The molecule has 2 N–H and O–H groups in total. The fraction of sp³-hybridized carbons (Fsp3) is 0.0476. The number of aromatic nitrogens is 2. The summed E-state index contributed by atoms with van der Waals surface area (Å²) in [7, 11) is 0. The van der Waals surface area contributed by atoms with Crippen LogP contribution in [-0.2, 0) is 0 Å². The highest BCUT2D eigenvalue weighted by Crippen LogP contribution is 2.12. The molecule has 0 atom stereocenters. The van der Waals surface area contributed by atoms with Crippen molar-refractivity contribution in [3.05, 3.63) is 88.1 Å². The maximum absolute atomic E-state index is 4.50. The van der Waals surface area contributed by atoms with Crippen LogP contribution in [0.5, 0.6) is 0 Å². The van der Waals surface area contributed by atoms with Crippen molar-refractivity contribution in [2.45, 2.75) is 6.92 Å². The van der Waals surface area contributed by atoms with Gasteiger partial charge >= 0.3 is 0 Å². The van der Waals surface area contributed by atoms with E-state index in [1.54, 1.807) is 6.21 Å². The fourth-order valence-corrected chi connectivity index (χ4v) is 2.72. The Kier molecular flexibility index (Phi) is 4.01. The third kappa shape index (κ3) is 3.58. The molecule has 0 aliphatic carbocycles. The molecule has 0 fully saturated rings. The molecule has 4 nitrogen and oxygen atoms in total. The highest BCUT2D eigenvalue weighted by atomic mass is 14.8. The number of hydrogen-bond acceptors (Lipinski definition) is 2. The standard InChI is InChI=1S/C21H18N4/c1-2-15-5-6-18(23-15)13-19-9-10-21(25-19)14-20-8-7-17(24-20)12-16-4-3-11-22-16/h2-14,24-25H,1H3/b15-2-,16-12-,19-13?,21-14-. The molecular formula is C21H18N4. The van der Waals surface area contributed by atoms with E-state index in [1.165, 1.54) is 0 Å². The van der Waals surface area contributed by atoms with Crippen LogP contribution in [0.4, 0.5) is 0 Å². The quantitative estimate of drug-likeness (QED) is 0.871. The lowest BCUT2D eigenvalue weighted by atomic mass is 10.3. The molecule has 4 heteroatoms. The zero-order valence-electron chi connectivity index (χ0n) is 13.9. The molecule has 0 unspecified atom stereocenters. The minimum absolute atomic E-state index is 0.955. The van der Waals surface area contributed by atoms with Gasteiger partial charge < -0.3 is 9.97 Å². The van der Waals surface area contributed by atoms with E-state index in [2.05, 4.69) is 44.2 Å². The molecule has 0 amide bonds. The second kappa shape index (κ2) is 6.61. The summed E-state index contributed by atoms with van der Waals surface area (Å²) >= 11 is 0. The Balaban J connectivity index is 1.57. The Hall–Kier alpha value is -3.40. The van der Waals surface area contributed by atoms with E-state index in [0.29, 0.717) is 0 Å². The van der Waals surface area contributed by atoms with Gasteiger partial charge in [-0.1, -0.05) is 6.08 Å². The molecule has 0 bridgehead atoms.